The van der Waals surface area contributed by atoms with Gasteiger partial charge >= 0.3 is 0 Å². The first-order valence-corrected chi connectivity index (χ1v) is 8.42. The fourth-order valence-corrected chi connectivity index (χ4v) is 2.43. The minimum Gasteiger partial charge on any atom is -0.357 e. The normalized spacial score (nSPS) is 13.3. The summed E-state index contributed by atoms with van der Waals surface area (Å²) < 4.78 is 0. The monoisotopic (exact) mass is 304 g/mol. The SMILES string of the molecule is CCNC(=NCc1ccc(C)cc1)NCC(C)N(CC)CC. The average molecular weight is 304 g/mol. The maximum Gasteiger partial charge on any atom is 0.191 e. The van der Waals surface area contributed by atoms with Gasteiger partial charge in [0.15, 0.2) is 5.96 Å². The highest BCUT2D eigenvalue weighted by molar-refractivity contribution is 5.79. The van der Waals surface area contributed by atoms with Gasteiger partial charge in [-0.2, -0.15) is 0 Å². The first-order chi connectivity index (χ1) is 10.6. The van der Waals surface area contributed by atoms with Crippen molar-refractivity contribution in [3.63, 3.8) is 0 Å². The van der Waals surface area contributed by atoms with E-state index in [4.69, 9.17) is 0 Å². The van der Waals surface area contributed by atoms with Crippen molar-refractivity contribution >= 4 is 5.96 Å². The van der Waals surface area contributed by atoms with Crippen LogP contribution in [0.3, 0.4) is 0 Å². The molecule has 4 heteroatoms. The topological polar surface area (TPSA) is 39.7 Å². The van der Waals surface area contributed by atoms with Gasteiger partial charge in [-0.25, -0.2) is 4.99 Å². The highest BCUT2D eigenvalue weighted by Gasteiger charge is 2.10. The zero-order chi connectivity index (χ0) is 16.4. The molecule has 124 valence electrons. The van der Waals surface area contributed by atoms with Crippen LogP contribution in [-0.2, 0) is 6.54 Å². The standard InChI is InChI=1S/C18H32N4/c1-6-19-18(20-13-16(5)22(7-2)8-3)21-14-17-11-9-15(4)10-12-17/h9-12,16H,6-8,13-14H2,1-5H3,(H2,19,20,21). The van der Waals surface area contributed by atoms with E-state index in [1.807, 2.05) is 0 Å². The van der Waals surface area contributed by atoms with Gasteiger partial charge in [0.25, 0.3) is 0 Å². The fraction of sp³-hybridized carbons (Fsp3) is 0.611. The molecule has 4 nitrogen and oxygen atoms in total. The smallest absolute Gasteiger partial charge is 0.191 e. The summed E-state index contributed by atoms with van der Waals surface area (Å²) in [6.45, 7) is 15.5. The molecule has 0 aliphatic carbocycles. The van der Waals surface area contributed by atoms with Crippen molar-refractivity contribution in [2.45, 2.75) is 47.2 Å². The Kier molecular flexibility index (Phi) is 8.60. The molecule has 1 aromatic rings. The Morgan fingerprint density at radius 3 is 2.27 bits per heavy atom. The van der Waals surface area contributed by atoms with Gasteiger partial charge in [0.05, 0.1) is 6.54 Å². The molecule has 0 amide bonds. The lowest BCUT2D eigenvalue weighted by atomic mass is 10.1. The molecular weight excluding hydrogens is 272 g/mol. The zero-order valence-electron chi connectivity index (χ0n) is 14.8. The summed E-state index contributed by atoms with van der Waals surface area (Å²) in [6.07, 6.45) is 0. The number of hydrogen-bond donors (Lipinski definition) is 2. The number of nitrogens with one attached hydrogen (secondary N) is 2. The van der Waals surface area contributed by atoms with Crippen LogP contribution in [0, 0.1) is 6.92 Å². The van der Waals surface area contributed by atoms with E-state index in [0.29, 0.717) is 12.6 Å². The minimum absolute atomic E-state index is 0.498. The number of hydrogen-bond acceptors (Lipinski definition) is 2. The zero-order valence-corrected chi connectivity index (χ0v) is 14.8. The van der Waals surface area contributed by atoms with E-state index in [-0.39, 0.29) is 0 Å². The van der Waals surface area contributed by atoms with E-state index >= 15 is 0 Å². The Hall–Kier alpha value is -1.55. The van der Waals surface area contributed by atoms with E-state index in [2.05, 4.69) is 79.4 Å². The molecule has 0 aliphatic rings. The molecule has 0 fully saturated rings. The number of benzene rings is 1. The van der Waals surface area contributed by atoms with Crippen molar-refractivity contribution in [3.05, 3.63) is 35.4 Å². The van der Waals surface area contributed by atoms with Gasteiger partial charge in [-0.3, -0.25) is 4.90 Å². The third kappa shape index (κ3) is 6.48. The average Bonchev–Trinajstić information content (AvgIpc) is 2.52. The number of guanidine groups is 1. The Balaban J connectivity index is 2.56. The molecule has 0 saturated carbocycles. The summed E-state index contributed by atoms with van der Waals surface area (Å²) in [5.74, 6) is 0.891. The molecule has 0 bridgehead atoms. The van der Waals surface area contributed by atoms with Gasteiger partial charge in [0.2, 0.25) is 0 Å². The number of nitrogens with zero attached hydrogens (tertiary/aromatic N) is 2. The molecule has 1 rings (SSSR count). The molecule has 22 heavy (non-hydrogen) atoms. The first kappa shape index (κ1) is 18.5. The molecule has 2 N–H and O–H groups in total. The van der Waals surface area contributed by atoms with Gasteiger partial charge in [0, 0.05) is 19.1 Å². The molecular formula is C18H32N4. The summed E-state index contributed by atoms with van der Waals surface area (Å²) in [6, 6.07) is 9.04. The van der Waals surface area contributed by atoms with Crippen LogP contribution in [0.5, 0.6) is 0 Å². The molecule has 0 saturated heterocycles. The van der Waals surface area contributed by atoms with E-state index in [1.54, 1.807) is 0 Å². The molecule has 0 aliphatic heterocycles. The molecule has 0 aromatic heterocycles. The van der Waals surface area contributed by atoms with Gasteiger partial charge in [-0.15, -0.1) is 0 Å². The van der Waals surface area contributed by atoms with Gasteiger partial charge in [-0.1, -0.05) is 43.7 Å². The van der Waals surface area contributed by atoms with Gasteiger partial charge in [-0.05, 0) is 39.4 Å². The van der Waals surface area contributed by atoms with E-state index in [9.17, 15) is 0 Å². The third-order valence-electron chi connectivity index (χ3n) is 3.89. The van der Waals surface area contributed by atoms with Crippen LogP contribution < -0.4 is 10.6 Å². The van der Waals surface area contributed by atoms with Crippen LogP contribution in [0.2, 0.25) is 0 Å². The summed E-state index contributed by atoms with van der Waals surface area (Å²) in [5, 5.41) is 6.76. The van der Waals surface area contributed by atoms with Crippen molar-refractivity contribution in [2.75, 3.05) is 26.2 Å². The largest absolute Gasteiger partial charge is 0.357 e. The quantitative estimate of drug-likeness (QED) is 0.573. The third-order valence-corrected chi connectivity index (χ3v) is 3.89. The second-order valence-electron chi connectivity index (χ2n) is 5.63. The molecule has 1 atom stereocenters. The fourth-order valence-electron chi connectivity index (χ4n) is 2.43. The number of rotatable bonds is 8. The molecule has 0 radical (unpaired) electrons. The second-order valence-corrected chi connectivity index (χ2v) is 5.63. The van der Waals surface area contributed by atoms with Crippen molar-refractivity contribution in [3.8, 4) is 0 Å². The van der Waals surface area contributed by atoms with Crippen molar-refractivity contribution in [2.24, 2.45) is 4.99 Å². The van der Waals surface area contributed by atoms with Crippen LogP contribution in [-0.4, -0.2) is 43.1 Å². The Labute approximate surface area is 136 Å². The number of likely N-dealkylation sites (N-methyl/N-ethyl adjacent to an activating group) is 1. The lowest BCUT2D eigenvalue weighted by molar-refractivity contribution is 0.231. The van der Waals surface area contributed by atoms with Crippen molar-refractivity contribution in [1.82, 2.24) is 15.5 Å². The predicted molar refractivity (Wildman–Crippen MR) is 96.4 cm³/mol. The summed E-state index contributed by atoms with van der Waals surface area (Å²) in [7, 11) is 0. The molecule has 1 unspecified atom stereocenters. The predicted octanol–water partition coefficient (Wildman–Crippen LogP) is 2.78. The van der Waals surface area contributed by atoms with E-state index in [1.165, 1.54) is 11.1 Å². The van der Waals surface area contributed by atoms with Crippen molar-refractivity contribution < 1.29 is 0 Å². The van der Waals surface area contributed by atoms with Crippen molar-refractivity contribution in [1.29, 1.82) is 0 Å². The summed E-state index contributed by atoms with van der Waals surface area (Å²) in [5.41, 5.74) is 2.52. The lowest BCUT2D eigenvalue weighted by Gasteiger charge is -2.27. The molecule has 1 aromatic carbocycles. The van der Waals surface area contributed by atoms with Gasteiger partial charge in [0.1, 0.15) is 0 Å². The number of aliphatic imine (C=N–C) groups is 1. The Morgan fingerprint density at radius 2 is 1.73 bits per heavy atom. The Morgan fingerprint density at radius 1 is 1.09 bits per heavy atom. The van der Waals surface area contributed by atoms with Crippen LogP contribution >= 0.6 is 0 Å². The summed E-state index contributed by atoms with van der Waals surface area (Å²) in [4.78, 5) is 7.11. The van der Waals surface area contributed by atoms with Crippen LogP contribution in [0.15, 0.2) is 29.3 Å². The maximum atomic E-state index is 4.67. The molecule has 0 spiro atoms. The Bertz CT molecular complexity index is 435. The number of aryl methyl sites for hydroxylation is 1. The maximum absolute atomic E-state index is 4.67. The van der Waals surface area contributed by atoms with E-state index < -0.39 is 0 Å². The van der Waals surface area contributed by atoms with Crippen LogP contribution in [0.1, 0.15) is 38.8 Å². The second kappa shape index (κ2) is 10.2. The van der Waals surface area contributed by atoms with Gasteiger partial charge < -0.3 is 10.6 Å². The van der Waals surface area contributed by atoms with E-state index in [0.717, 1.165) is 32.1 Å². The van der Waals surface area contributed by atoms with Crippen LogP contribution in [0.4, 0.5) is 0 Å². The summed E-state index contributed by atoms with van der Waals surface area (Å²) >= 11 is 0. The highest BCUT2D eigenvalue weighted by atomic mass is 15.2. The lowest BCUT2D eigenvalue weighted by Crippen LogP contribution is -2.45. The van der Waals surface area contributed by atoms with Crippen LogP contribution in [0.25, 0.3) is 0 Å². The molecule has 0 heterocycles. The minimum atomic E-state index is 0.498. The first-order valence-electron chi connectivity index (χ1n) is 8.42. The highest BCUT2D eigenvalue weighted by Crippen LogP contribution is 2.04.